The average Bonchev–Trinajstić information content (AvgIpc) is 2.50. The predicted octanol–water partition coefficient (Wildman–Crippen LogP) is 4.25. The second-order valence-electron chi connectivity index (χ2n) is 6.05. The van der Waals surface area contributed by atoms with Crippen molar-refractivity contribution >= 4 is 0 Å². The molecular formula is C18H28N2O. The molecule has 3 heteroatoms. The Kier molecular flexibility index (Phi) is 7.25. The molecule has 0 radical (unpaired) electrons. The largest absolute Gasteiger partial charge is 0.494 e. The molecule has 1 atom stereocenters. The Hall–Kier alpha value is -1.53. The second kappa shape index (κ2) is 8.69. The minimum atomic E-state index is -0.444. The second-order valence-corrected chi connectivity index (χ2v) is 6.05. The standard InChI is InChI=1S/C18H28N2O/c1-5-12-20-18(4,14-19)11-6-13-21-17-9-7-16(8-10-17)15(2)3/h7-10,15,20H,5-6,11-13H2,1-4H3. The minimum absolute atomic E-state index is 0.444. The lowest BCUT2D eigenvalue weighted by molar-refractivity contribution is 0.285. The smallest absolute Gasteiger partial charge is 0.119 e. The van der Waals surface area contributed by atoms with Gasteiger partial charge in [0.05, 0.1) is 12.7 Å². The summed E-state index contributed by atoms with van der Waals surface area (Å²) in [5.41, 5.74) is 0.879. The fraction of sp³-hybridized carbons (Fsp3) is 0.611. The first-order valence-corrected chi connectivity index (χ1v) is 7.90. The van der Waals surface area contributed by atoms with Gasteiger partial charge in [-0.3, -0.25) is 5.32 Å². The van der Waals surface area contributed by atoms with Crippen LogP contribution in [0.5, 0.6) is 5.75 Å². The van der Waals surface area contributed by atoms with E-state index < -0.39 is 5.54 Å². The lowest BCUT2D eigenvalue weighted by Gasteiger charge is -2.23. The van der Waals surface area contributed by atoms with Crippen molar-refractivity contribution in [3.8, 4) is 11.8 Å². The molecule has 0 bridgehead atoms. The Bertz CT molecular complexity index is 447. The van der Waals surface area contributed by atoms with Gasteiger partial charge in [-0.05, 0) is 56.3 Å². The van der Waals surface area contributed by atoms with Gasteiger partial charge in [0.15, 0.2) is 0 Å². The first kappa shape index (κ1) is 17.5. The first-order valence-electron chi connectivity index (χ1n) is 7.90. The van der Waals surface area contributed by atoms with E-state index in [4.69, 9.17) is 4.74 Å². The summed E-state index contributed by atoms with van der Waals surface area (Å²) in [5.74, 6) is 1.44. The summed E-state index contributed by atoms with van der Waals surface area (Å²) in [6.45, 7) is 9.95. The van der Waals surface area contributed by atoms with Crippen molar-refractivity contribution < 1.29 is 4.74 Å². The van der Waals surface area contributed by atoms with Crippen molar-refractivity contribution in [1.29, 1.82) is 5.26 Å². The number of hydrogen-bond acceptors (Lipinski definition) is 3. The summed E-state index contributed by atoms with van der Waals surface area (Å²) < 4.78 is 5.75. The van der Waals surface area contributed by atoms with Gasteiger partial charge in [-0.2, -0.15) is 5.26 Å². The van der Waals surface area contributed by atoms with Crippen molar-refractivity contribution in [2.75, 3.05) is 13.2 Å². The van der Waals surface area contributed by atoms with Crippen LogP contribution in [0.1, 0.15) is 58.4 Å². The summed E-state index contributed by atoms with van der Waals surface area (Å²) in [6, 6.07) is 10.6. The summed E-state index contributed by atoms with van der Waals surface area (Å²) in [7, 11) is 0. The van der Waals surface area contributed by atoms with Gasteiger partial charge >= 0.3 is 0 Å². The minimum Gasteiger partial charge on any atom is -0.494 e. The van der Waals surface area contributed by atoms with Crippen molar-refractivity contribution in [2.45, 2.75) is 58.4 Å². The third-order valence-electron chi connectivity index (χ3n) is 3.65. The maximum Gasteiger partial charge on any atom is 0.119 e. The van der Waals surface area contributed by atoms with Crippen LogP contribution >= 0.6 is 0 Å². The molecule has 116 valence electrons. The van der Waals surface area contributed by atoms with Gasteiger partial charge in [0.25, 0.3) is 0 Å². The van der Waals surface area contributed by atoms with Crippen LogP contribution < -0.4 is 10.1 Å². The Morgan fingerprint density at radius 2 is 1.95 bits per heavy atom. The number of rotatable bonds is 9. The van der Waals surface area contributed by atoms with Crippen LogP contribution in [0.3, 0.4) is 0 Å². The molecule has 0 amide bonds. The molecule has 0 aromatic heterocycles. The Balaban J connectivity index is 2.34. The molecule has 3 nitrogen and oxygen atoms in total. The highest BCUT2D eigenvalue weighted by atomic mass is 16.5. The van der Waals surface area contributed by atoms with E-state index in [0.29, 0.717) is 12.5 Å². The van der Waals surface area contributed by atoms with Gasteiger partial charge in [0, 0.05) is 0 Å². The number of nitriles is 1. The van der Waals surface area contributed by atoms with E-state index in [2.05, 4.69) is 44.3 Å². The number of nitrogens with one attached hydrogen (secondary N) is 1. The molecule has 0 heterocycles. The summed E-state index contributed by atoms with van der Waals surface area (Å²) in [5, 5.41) is 12.6. The van der Waals surface area contributed by atoms with E-state index >= 15 is 0 Å². The van der Waals surface area contributed by atoms with Crippen LogP contribution in [0.15, 0.2) is 24.3 Å². The highest BCUT2D eigenvalue weighted by Gasteiger charge is 2.21. The Labute approximate surface area is 129 Å². The fourth-order valence-electron chi connectivity index (χ4n) is 2.15. The van der Waals surface area contributed by atoms with E-state index in [9.17, 15) is 5.26 Å². The van der Waals surface area contributed by atoms with Crippen LogP contribution in [-0.4, -0.2) is 18.7 Å². The predicted molar refractivity (Wildman–Crippen MR) is 87.6 cm³/mol. The monoisotopic (exact) mass is 288 g/mol. The van der Waals surface area contributed by atoms with Crippen molar-refractivity contribution in [3.05, 3.63) is 29.8 Å². The fourth-order valence-corrected chi connectivity index (χ4v) is 2.15. The van der Waals surface area contributed by atoms with E-state index in [0.717, 1.165) is 31.6 Å². The number of hydrogen-bond donors (Lipinski definition) is 1. The summed E-state index contributed by atoms with van der Waals surface area (Å²) in [4.78, 5) is 0. The highest BCUT2D eigenvalue weighted by Crippen LogP contribution is 2.19. The van der Waals surface area contributed by atoms with Gasteiger partial charge in [-0.1, -0.05) is 32.9 Å². The maximum atomic E-state index is 9.26. The lowest BCUT2D eigenvalue weighted by atomic mass is 9.98. The van der Waals surface area contributed by atoms with Crippen LogP contribution in [0, 0.1) is 11.3 Å². The zero-order chi connectivity index (χ0) is 15.7. The van der Waals surface area contributed by atoms with Crippen molar-refractivity contribution in [3.63, 3.8) is 0 Å². The molecule has 1 N–H and O–H groups in total. The topological polar surface area (TPSA) is 45.0 Å². The van der Waals surface area contributed by atoms with Gasteiger partial charge in [-0.15, -0.1) is 0 Å². The van der Waals surface area contributed by atoms with Crippen molar-refractivity contribution in [1.82, 2.24) is 5.32 Å². The van der Waals surface area contributed by atoms with Crippen LogP contribution in [-0.2, 0) is 0 Å². The third kappa shape index (κ3) is 6.18. The molecule has 1 aromatic carbocycles. The average molecular weight is 288 g/mol. The molecule has 0 aliphatic heterocycles. The molecular weight excluding hydrogens is 260 g/mol. The van der Waals surface area contributed by atoms with Crippen molar-refractivity contribution in [2.24, 2.45) is 0 Å². The SMILES string of the molecule is CCCNC(C)(C#N)CCCOc1ccc(C(C)C)cc1. The molecule has 0 spiro atoms. The van der Waals surface area contributed by atoms with Gasteiger partial charge in [0.1, 0.15) is 11.3 Å². The normalized spacial score (nSPS) is 13.7. The third-order valence-corrected chi connectivity index (χ3v) is 3.65. The van der Waals surface area contributed by atoms with E-state index in [1.807, 2.05) is 19.1 Å². The van der Waals surface area contributed by atoms with Gasteiger partial charge < -0.3 is 4.74 Å². The molecule has 21 heavy (non-hydrogen) atoms. The summed E-state index contributed by atoms with van der Waals surface area (Å²) >= 11 is 0. The molecule has 0 aliphatic carbocycles. The van der Waals surface area contributed by atoms with E-state index in [1.54, 1.807) is 0 Å². The molecule has 0 fully saturated rings. The lowest BCUT2D eigenvalue weighted by Crippen LogP contribution is -2.41. The van der Waals surface area contributed by atoms with Crippen LogP contribution in [0.25, 0.3) is 0 Å². The molecule has 0 saturated heterocycles. The Morgan fingerprint density at radius 3 is 2.48 bits per heavy atom. The quantitative estimate of drug-likeness (QED) is 0.691. The molecule has 0 saturated carbocycles. The molecule has 1 unspecified atom stereocenters. The number of nitrogens with zero attached hydrogens (tertiary/aromatic N) is 1. The molecule has 1 rings (SSSR count). The van der Waals surface area contributed by atoms with Gasteiger partial charge in [0.2, 0.25) is 0 Å². The van der Waals surface area contributed by atoms with Crippen LogP contribution in [0.2, 0.25) is 0 Å². The molecule has 1 aromatic rings. The first-order chi connectivity index (χ1) is 10.0. The van der Waals surface area contributed by atoms with Gasteiger partial charge in [-0.25, -0.2) is 0 Å². The van der Waals surface area contributed by atoms with E-state index in [-0.39, 0.29) is 0 Å². The Morgan fingerprint density at radius 1 is 1.29 bits per heavy atom. The van der Waals surface area contributed by atoms with E-state index in [1.165, 1.54) is 5.56 Å². The highest BCUT2D eigenvalue weighted by molar-refractivity contribution is 5.28. The maximum absolute atomic E-state index is 9.26. The number of benzene rings is 1. The molecule has 0 aliphatic rings. The van der Waals surface area contributed by atoms with Crippen LogP contribution in [0.4, 0.5) is 0 Å². The number of ether oxygens (including phenoxy) is 1. The zero-order valence-electron chi connectivity index (χ0n) is 13.8. The zero-order valence-corrected chi connectivity index (χ0v) is 13.8. The summed E-state index contributed by atoms with van der Waals surface area (Å²) in [6.07, 6.45) is 2.70.